The second-order valence-corrected chi connectivity index (χ2v) is 5.59. The first kappa shape index (κ1) is 17.9. The first-order valence-corrected chi connectivity index (χ1v) is 7.75. The number of nitrogens with zero attached hydrogens (tertiary/aromatic N) is 2. The molecule has 0 amide bonds. The lowest BCUT2D eigenvalue weighted by atomic mass is 10.2. The first-order chi connectivity index (χ1) is 12.3. The molecule has 0 spiro atoms. The van der Waals surface area contributed by atoms with Crippen LogP contribution < -0.4 is 5.43 Å². The number of carbonyl (C=O) groups is 1. The summed E-state index contributed by atoms with van der Waals surface area (Å²) >= 11 is 5.72. The van der Waals surface area contributed by atoms with Gasteiger partial charge < -0.3 is 9.30 Å². The van der Waals surface area contributed by atoms with Crippen LogP contribution in [0.3, 0.4) is 0 Å². The van der Waals surface area contributed by atoms with E-state index in [1.807, 2.05) is 0 Å². The number of halogens is 4. The van der Waals surface area contributed by atoms with Gasteiger partial charge in [0.2, 0.25) is 11.4 Å². The smallest absolute Gasteiger partial charge is 0.343 e. The average molecular weight is 383 g/mol. The van der Waals surface area contributed by atoms with E-state index in [2.05, 4.69) is 4.98 Å². The second-order valence-electron chi connectivity index (χ2n) is 5.19. The fraction of sp³-hybridized carbons (Fsp3) is 0.118. The summed E-state index contributed by atoms with van der Waals surface area (Å²) in [4.78, 5) is 28.0. The maximum absolute atomic E-state index is 14.2. The molecule has 0 atom stereocenters. The zero-order chi connectivity index (χ0) is 19.0. The van der Waals surface area contributed by atoms with Crippen LogP contribution in [0, 0.1) is 17.6 Å². The molecule has 0 aliphatic rings. The zero-order valence-corrected chi connectivity index (χ0v) is 14.0. The maximum Gasteiger partial charge on any atom is 0.343 e. The van der Waals surface area contributed by atoms with Crippen molar-refractivity contribution in [3.8, 4) is 5.69 Å². The van der Waals surface area contributed by atoms with Gasteiger partial charge in [-0.05, 0) is 25.1 Å². The Balaban J connectivity index is 2.43. The third-order valence-electron chi connectivity index (χ3n) is 3.56. The molecule has 26 heavy (non-hydrogen) atoms. The van der Waals surface area contributed by atoms with Gasteiger partial charge in [0.25, 0.3) is 0 Å². The van der Waals surface area contributed by atoms with Gasteiger partial charge in [-0.2, -0.15) is 4.39 Å². The SMILES string of the molecule is CCOC(=O)c1cn(-c2ccc(F)cc2F)c2cc(Cl)c(F)nc2c1=O. The largest absolute Gasteiger partial charge is 0.462 e. The number of ether oxygens (including phenoxy) is 1. The lowest BCUT2D eigenvalue weighted by molar-refractivity contribution is 0.0524. The van der Waals surface area contributed by atoms with Crippen LogP contribution in [-0.2, 0) is 4.74 Å². The van der Waals surface area contributed by atoms with Crippen LogP contribution in [0.1, 0.15) is 17.3 Å². The molecule has 1 aromatic carbocycles. The highest BCUT2D eigenvalue weighted by atomic mass is 35.5. The van der Waals surface area contributed by atoms with Crippen LogP contribution in [0.15, 0.2) is 35.3 Å². The minimum absolute atomic E-state index is 0.0103. The molecule has 2 heterocycles. The molecule has 3 rings (SSSR count). The quantitative estimate of drug-likeness (QED) is 0.512. The predicted octanol–water partition coefficient (Wildman–Crippen LogP) is 3.63. The summed E-state index contributed by atoms with van der Waals surface area (Å²) in [6, 6.07) is 3.78. The van der Waals surface area contributed by atoms with Crippen LogP contribution in [0.5, 0.6) is 0 Å². The van der Waals surface area contributed by atoms with Crippen LogP contribution in [-0.4, -0.2) is 22.1 Å². The lowest BCUT2D eigenvalue weighted by Crippen LogP contribution is -2.22. The standard InChI is InChI=1S/C17H10ClF3N2O3/c1-2-26-17(25)9-7-23(12-4-3-8(19)5-11(12)20)13-6-10(18)16(21)22-14(13)15(9)24/h3-7H,2H2,1H3. The highest BCUT2D eigenvalue weighted by Crippen LogP contribution is 2.24. The molecule has 0 aliphatic carbocycles. The predicted molar refractivity (Wildman–Crippen MR) is 88.2 cm³/mol. The van der Waals surface area contributed by atoms with Gasteiger partial charge in [-0.25, -0.2) is 18.6 Å². The summed E-state index contributed by atoms with van der Waals surface area (Å²) in [6.45, 7) is 1.53. The Bertz CT molecular complexity index is 1100. The number of fused-ring (bicyclic) bond motifs is 1. The summed E-state index contributed by atoms with van der Waals surface area (Å²) in [5.74, 6) is -3.88. The molecule has 0 N–H and O–H groups in total. The van der Waals surface area contributed by atoms with Gasteiger partial charge in [-0.15, -0.1) is 0 Å². The fourth-order valence-electron chi connectivity index (χ4n) is 2.42. The van der Waals surface area contributed by atoms with Crippen molar-refractivity contribution < 1.29 is 22.7 Å². The van der Waals surface area contributed by atoms with Gasteiger partial charge in [0.15, 0.2) is 0 Å². The zero-order valence-electron chi connectivity index (χ0n) is 13.2. The van der Waals surface area contributed by atoms with Crippen LogP contribution in [0.2, 0.25) is 5.02 Å². The molecule has 0 radical (unpaired) electrons. The summed E-state index contributed by atoms with van der Waals surface area (Å²) in [5, 5.41) is -0.406. The summed E-state index contributed by atoms with van der Waals surface area (Å²) in [5.41, 5.74) is -2.06. The number of rotatable bonds is 3. The lowest BCUT2D eigenvalue weighted by Gasteiger charge is -2.14. The van der Waals surface area contributed by atoms with E-state index < -0.39 is 45.1 Å². The molecule has 5 nitrogen and oxygen atoms in total. The van der Waals surface area contributed by atoms with Gasteiger partial charge in [0, 0.05) is 12.3 Å². The molecular weight excluding hydrogens is 373 g/mol. The normalized spacial score (nSPS) is 11.0. The topological polar surface area (TPSA) is 61.2 Å². The molecule has 0 saturated carbocycles. The fourth-order valence-corrected chi connectivity index (χ4v) is 2.57. The number of hydrogen-bond acceptors (Lipinski definition) is 4. The molecule has 0 aliphatic heterocycles. The van der Waals surface area contributed by atoms with E-state index in [0.29, 0.717) is 6.07 Å². The Labute approximate surface area is 149 Å². The molecule has 0 fully saturated rings. The van der Waals surface area contributed by atoms with Gasteiger partial charge in [-0.3, -0.25) is 4.79 Å². The van der Waals surface area contributed by atoms with Crippen molar-refractivity contribution in [2.45, 2.75) is 6.92 Å². The molecule has 9 heteroatoms. The van der Waals surface area contributed by atoms with Crippen molar-refractivity contribution in [3.63, 3.8) is 0 Å². The van der Waals surface area contributed by atoms with Crippen molar-refractivity contribution >= 4 is 28.6 Å². The molecule has 0 bridgehead atoms. The van der Waals surface area contributed by atoms with E-state index in [1.165, 1.54) is 6.92 Å². The Kier molecular flexibility index (Phi) is 4.69. The van der Waals surface area contributed by atoms with Crippen molar-refractivity contribution in [3.05, 3.63) is 68.9 Å². The molecular formula is C17H10ClF3N2O3. The Hall–Kier alpha value is -2.87. The van der Waals surface area contributed by atoms with E-state index in [9.17, 15) is 22.8 Å². The van der Waals surface area contributed by atoms with Crippen LogP contribution >= 0.6 is 11.6 Å². The van der Waals surface area contributed by atoms with Gasteiger partial charge in [-0.1, -0.05) is 11.6 Å². The van der Waals surface area contributed by atoms with Crippen LogP contribution in [0.25, 0.3) is 16.7 Å². The van der Waals surface area contributed by atoms with Crippen molar-refractivity contribution in [1.82, 2.24) is 9.55 Å². The summed E-state index contributed by atoms with van der Waals surface area (Å²) in [6.07, 6.45) is 1.02. The monoisotopic (exact) mass is 382 g/mol. The van der Waals surface area contributed by atoms with E-state index >= 15 is 0 Å². The highest BCUT2D eigenvalue weighted by molar-refractivity contribution is 6.31. The summed E-state index contributed by atoms with van der Waals surface area (Å²) in [7, 11) is 0. The van der Waals surface area contributed by atoms with Crippen molar-refractivity contribution in [2.24, 2.45) is 0 Å². The van der Waals surface area contributed by atoms with E-state index in [-0.39, 0.29) is 17.8 Å². The average Bonchev–Trinajstić information content (AvgIpc) is 2.58. The van der Waals surface area contributed by atoms with E-state index in [0.717, 1.165) is 29.0 Å². The van der Waals surface area contributed by atoms with E-state index in [1.54, 1.807) is 0 Å². The third kappa shape index (κ3) is 3.03. The number of carbonyl (C=O) groups excluding carboxylic acids is 1. The molecule has 3 aromatic rings. The number of pyridine rings is 2. The molecule has 2 aromatic heterocycles. The highest BCUT2D eigenvalue weighted by Gasteiger charge is 2.21. The number of esters is 1. The van der Waals surface area contributed by atoms with Crippen molar-refractivity contribution in [1.29, 1.82) is 0 Å². The summed E-state index contributed by atoms with van der Waals surface area (Å²) < 4.78 is 47.1. The number of benzene rings is 1. The number of hydrogen-bond donors (Lipinski definition) is 0. The van der Waals surface area contributed by atoms with Crippen molar-refractivity contribution in [2.75, 3.05) is 6.61 Å². The van der Waals surface area contributed by atoms with Gasteiger partial charge in [0.1, 0.15) is 22.7 Å². The Morgan fingerprint density at radius 2 is 2.00 bits per heavy atom. The number of aromatic nitrogens is 2. The van der Waals surface area contributed by atoms with Gasteiger partial charge in [0.05, 0.1) is 22.8 Å². The van der Waals surface area contributed by atoms with Gasteiger partial charge >= 0.3 is 5.97 Å². The van der Waals surface area contributed by atoms with Crippen LogP contribution in [0.4, 0.5) is 13.2 Å². The maximum atomic E-state index is 14.2. The minimum atomic E-state index is -1.12. The second kappa shape index (κ2) is 6.80. The molecule has 0 unspecified atom stereocenters. The minimum Gasteiger partial charge on any atom is -0.462 e. The third-order valence-corrected chi connectivity index (χ3v) is 3.82. The molecule has 134 valence electrons. The Morgan fingerprint density at radius 1 is 1.27 bits per heavy atom. The first-order valence-electron chi connectivity index (χ1n) is 7.37. The Morgan fingerprint density at radius 3 is 2.65 bits per heavy atom. The molecule has 0 saturated heterocycles. The van der Waals surface area contributed by atoms with E-state index in [4.69, 9.17) is 16.3 Å².